The Labute approximate surface area is 194 Å². The van der Waals surface area contributed by atoms with Gasteiger partial charge in [-0.25, -0.2) is 4.79 Å². The molecule has 0 saturated carbocycles. The van der Waals surface area contributed by atoms with E-state index in [4.69, 9.17) is 25.6 Å². The van der Waals surface area contributed by atoms with Crippen LogP contribution in [0.4, 0.5) is 4.79 Å². The first kappa shape index (κ1) is 24.0. The molecule has 0 atom stereocenters. The number of nitrogens with one attached hydrogen (secondary N) is 1. The van der Waals surface area contributed by atoms with Crippen molar-refractivity contribution >= 4 is 37.2 Å². The molecule has 0 bridgehead atoms. The summed E-state index contributed by atoms with van der Waals surface area (Å²) in [6.07, 6.45) is 1.89. The van der Waals surface area contributed by atoms with E-state index in [1.165, 1.54) is 0 Å². The SMILES string of the molecule is CC1(C)OB(C(=Cc2c(Cl)cccc2C=O)CNC(=O)OCc2ccccc2)OC1(C)C. The van der Waals surface area contributed by atoms with Crippen molar-refractivity contribution in [3.8, 4) is 0 Å². The molecule has 1 aliphatic rings. The highest BCUT2D eigenvalue weighted by Crippen LogP contribution is 2.39. The average Bonchev–Trinajstić information content (AvgIpc) is 2.98. The Balaban J connectivity index is 1.80. The molecular formula is C24H27BClNO5. The number of carbonyl (C=O) groups is 2. The third-order valence-electron chi connectivity index (χ3n) is 5.75. The highest BCUT2D eigenvalue weighted by molar-refractivity contribution is 6.56. The molecule has 2 aromatic carbocycles. The Hall–Kier alpha value is -2.61. The minimum Gasteiger partial charge on any atom is -0.445 e. The predicted molar refractivity (Wildman–Crippen MR) is 126 cm³/mol. The first-order valence-corrected chi connectivity index (χ1v) is 10.7. The van der Waals surface area contributed by atoms with E-state index in [1.54, 1.807) is 24.3 Å². The topological polar surface area (TPSA) is 73.9 Å². The van der Waals surface area contributed by atoms with E-state index < -0.39 is 24.4 Å². The van der Waals surface area contributed by atoms with E-state index in [9.17, 15) is 9.59 Å². The van der Waals surface area contributed by atoms with Gasteiger partial charge in [0.2, 0.25) is 0 Å². The van der Waals surface area contributed by atoms with Gasteiger partial charge < -0.3 is 19.4 Å². The number of halogens is 1. The van der Waals surface area contributed by atoms with Gasteiger partial charge in [-0.05, 0) is 44.8 Å². The van der Waals surface area contributed by atoms with E-state index in [0.717, 1.165) is 11.8 Å². The van der Waals surface area contributed by atoms with Crippen molar-refractivity contribution in [2.24, 2.45) is 0 Å². The molecule has 32 heavy (non-hydrogen) atoms. The summed E-state index contributed by atoms with van der Waals surface area (Å²) in [5.74, 6) is 0. The van der Waals surface area contributed by atoms with Gasteiger partial charge in [-0.2, -0.15) is 0 Å². The molecule has 0 spiro atoms. The van der Waals surface area contributed by atoms with Gasteiger partial charge in [-0.15, -0.1) is 0 Å². The molecule has 1 heterocycles. The lowest BCUT2D eigenvalue weighted by atomic mass is 9.76. The van der Waals surface area contributed by atoms with Gasteiger partial charge in [0.15, 0.2) is 6.29 Å². The maximum absolute atomic E-state index is 12.3. The van der Waals surface area contributed by atoms with Gasteiger partial charge in [-0.1, -0.05) is 60.1 Å². The summed E-state index contributed by atoms with van der Waals surface area (Å²) < 4.78 is 17.6. The van der Waals surface area contributed by atoms with Gasteiger partial charge in [0, 0.05) is 22.7 Å². The molecule has 168 valence electrons. The van der Waals surface area contributed by atoms with Crippen molar-refractivity contribution in [3.63, 3.8) is 0 Å². The molecule has 1 aliphatic heterocycles. The van der Waals surface area contributed by atoms with Gasteiger partial charge in [0.05, 0.1) is 11.2 Å². The minimum absolute atomic E-state index is 0.0912. The minimum atomic E-state index is -0.731. The highest BCUT2D eigenvalue weighted by Gasteiger charge is 2.52. The molecule has 0 unspecified atom stereocenters. The lowest BCUT2D eigenvalue weighted by Gasteiger charge is -2.32. The van der Waals surface area contributed by atoms with Gasteiger partial charge >= 0.3 is 13.2 Å². The second-order valence-corrected chi connectivity index (χ2v) is 8.99. The maximum Gasteiger partial charge on any atom is 0.492 e. The van der Waals surface area contributed by atoms with Crippen LogP contribution in [0.2, 0.25) is 5.02 Å². The molecule has 1 saturated heterocycles. The zero-order valence-corrected chi connectivity index (χ0v) is 19.4. The van der Waals surface area contributed by atoms with Gasteiger partial charge in [0.1, 0.15) is 6.61 Å². The fourth-order valence-electron chi connectivity index (χ4n) is 3.14. The summed E-state index contributed by atoms with van der Waals surface area (Å²) in [5.41, 5.74) is 1.32. The molecular weight excluding hydrogens is 429 g/mol. The third-order valence-corrected chi connectivity index (χ3v) is 6.08. The van der Waals surface area contributed by atoms with Gasteiger partial charge in [0.25, 0.3) is 0 Å². The molecule has 1 amide bonds. The van der Waals surface area contributed by atoms with Crippen molar-refractivity contribution in [2.45, 2.75) is 45.5 Å². The second-order valence-electron chi connectivity index (χ2n) is 8.58. The van der Waals surface area contributed by atoms with Crippen molar-refractivity contribution in [1.29, 1.82) is 0 Å². The van der Waals surface area contributed by atoms with E-state index in [1.807, 2.05) is 58.0 Å². The first-order chi connectivity index (χ1) is 15.1. The number of benzene rings is 2. The normalized spacial score (nSPS) is 17.2. The maximum atomic E-state index is 12.3. The molecule has 3 rings (SSSR count). The summed E-state index contributed by atoms with van der Waals surface area (Å²) >= 11 is 6.35. The number of hydrogen-bond donors (Lipinski definition) is 1. The van der Waals surface area contributed by atoms with Crippen molar-refractivity contribution in [2.75, 3.05) is 6.54 Å². The first-order valence-electron chi connectivity index (χ1n) is 10.4. The monoisotopic (exact) mass is 455 g/mol. The fourth-order valence-corrected chi connectivity index (χ4v) is 3.38. The van der Waals surface area contributed by atoms with Crippen molar-refractivity contribution < 1.29 is 23.6 Å². The van der Waals surface area contributed by atoms with E-state index in [-0.39, 0.29) is 13.2 Å². The Morgan fingerprint density at radius 3 is 2.34 bits per heavy atom. The molecule has 1 N–H and O–H groups in total. The number of rotatable bonds is 7. The Bertz CT molecular complexity index is 991. The van der Waals surface area contributed by atoms with Crippen molar-refractivity contribution in [3.05, 3.63) is 75.7 Å². The van der Waals surface area contributed by atoms with Crippen LogP contribution in [-0.4, -0.2) is 37.2 Å². The molecule has 0 aromatic heterocycles. The van der Waals surface area contributed by atoms with Crippen LogP contribution in [0.15, 0.2) is 54.0 Å². The summed E-state index contributed by atoms with van der Waals surface area (Å²) in [4.78, 5) is 23.8. The van der Waals surface area contributed by atoms with E-state index in [0.29, 0.717) is 21.6 Å². The predicted octanol–water partition coefficient (Wildman–Crippen LogP) is 5.09. The van der Waals surface area contributed by atoms with Gasteiger partial charge in [-0.3, -0.25) is 4.79 Å². The second kappa shape index (κ2) is 9.90. The number of amides is 1. The zero-order valence-electron chi connectivity index (χ0n) is 18.7. The quantitative estimate of drug-likeness (QED) is 0.465. The highest BCUT2D eigenvalue weighted by atomic mass is 35.5. The fraction of sp³-hybridized carbons (Fsp3) is 0.333. The Morgan fingerprint density at radius 1 is 1.06 bits per heavy atom. The summed E-state index contributed by atoms with van der Waals surface area (Å²) in [5, 5.41) is 3.15. The standard InChI is InChI=1S/C24H27BClNO5/c1-23(2)24(3,4)32-25(31-23)19(13-20-18(15-28)11-8-12-21(20)26)14-27-22(29)30-16-17-9-6-5-7-10-17/h5-13,15H,14,16H2,1-4H3,(H,27,29). The third kappa shape index (κ3) is 5.60. The largest absolute Gasteiger partial charge is 0.492 e. The summed E-state index contributed by atoms with van der Waals surface area (Å²) in [6, 6.07) is 14.5. The lowest BCUT2D eigenvalue weighted by molar-refractivity contribution is 0.00578. The Morgan fingerprint density at radius 2 is 1.72 bits per heavy atom. The molecule has 0 aliphatic carbocycles. The Kier molecular flexibility index (Phi) is 7.44. The van der Waals surface area contributed by atoms with Crippen LogP contribution in [0.1, 0.15) is 49.2 Å². The van der Waals surface area contributed by atoms with Crippen LogP contribution in [0.5, 0.6) is 0 Å². The molecule has 1 fully saturated rings. The number of carbonyl (C=O) groups excluding carboxylic acids is 2. The average molecular weight is 456 g/mol. The molecule has 6 nitrogen and oxygen atoms in total. The van der Waals surface area contributed by atoms with Crippen molar-refractivity contribution in [1.82, 2.24) is 5.32 Å². The molecule has 2 aromatic rings. The number of hydrogen-bond acceptors (Lipinski definition) is 5. The zero-order chi connectivity index (χ0) is 23.4. The number of ether oxygens (including phenoxy) is 1. The summed E-state index contributed by atoms with van der Waals surface area (Å²) in [7, 11) is -0.731. The molecule has 0 radical (unpaired) electrons. The van der Waals surface area contributed by atoms with Crippen LogP contribution in [0.3, 0.4) is 0 Å². The van der Waals surface area contributed by atoms with Crippen LogP contribution >= 0.6 is 11.6 Å². The summed E-state index contributed by atoms with van der Waals surface area (Å²) in [6.45, 7) is 8.02. The van der Waals surface area contributed by atoms with E-state index in [2.05, 4.69) is 5.32 Å². The van der Waals surface area contributed by atoms with Crippen LogP contribution in [0, 0.1) is 0 Å². The van der Waals surface area contributed by atoms with E-state index >= 15 is 0 Å². The molecule has 8 heteroatoms. The lowest BCUT2D eigenvalue weighted by Crippen LogP contribution is -2.41. The number of aldehydes is 1. The van der Waals surface area contributed by atoms with Crippen LogP contribution in [0.25, 0.3) is 6.08 Å². The van der Waals surface area contributed by atoms with Crippen LogP contribution < -0.4 is 5.32 Å². The van der Waals surface area contributed by atoms with Crippen LogP contribution in [-0.2, 0) is 20.7 Å². The number of alkyl carbamates (subject to hydrolysis) is 1. The smallest absolute Gasteiger partial charge is 0.445 e.